The maximum atomic E-state index is 4.98. The number of ether oxygens (including phenoxy) is 1. The Kier molecular flexibility index (Phi) is 2.23. The summed E-state index contributed by atoms with van der Waals surface area (Å²) >= 11 is 0. The maximum absolute atomic E-state index is 4.98. The third-order valence-electron chi connectivity index (χ3n) is 1.92. The number of hydrogen-bond donors (Lipinski definition) is 0. The van der Waals surface area contributed by atoms with Crippen molar-refractivity contribution in [3.63, 3.8) is 0 Å². The van der Waals surface area contributed by atoms with Crippen LogP contribution in [-0.2, 0) is 11.3 Å². The van der Waals surface area contributed by atoms with Crippen molar-refractivity contribution in [1.29, 1.82) is 0 Å². The molecule has 4 heteroatoms. The van der Waals surface area contributed by atoms with E-state index in [1.807, 2.05) is 16.8 Å². The van der Waals surface area contributed by atoms with Gasteiger partial charge in [0.25, 0.3) is 0 Å². The van der Waals surface area contributed by atoms with Crippen molar-refractivity contribution in [1.82, 2.24) is 14.8 Å². The quantitative estimate of drug-likeness (QED) is 0.704. The van der Waals surface area contributed by atoms with E-state index in [1.54, 1.807) is 19.5 Å². The molecule has 13 heavy (non-hydrogen) atoms. The number of fused-ring (bicyclic) bond motifs is 1. The van der Waals surface area contributed by atoms with Crippen molar-refractivity contribution in [2.24, 2.45) is 0 Å². The molecule has 0 spiro atoms. The lowest BCUT2D eigenvalue weighted by Crippen LogP contribution is -2.05. The van der Waals surface area contributed by atoms with Gasteiger partial charge < -0.3 is 4.74 Å². The lowest BCUT2D eigenvalue weighted by atomic mass is 10.4. The van der Waals surface area contributed by atoms with Gasteiger partial charge in [0.2, 0.25) is 0 Å². The van der Waals surface area contributed by atoms with E-state index in [4.69, 9.17) is 4.74 Å². The molecule has 0 aromatic carbocycles. The van der Waals surface area contributed by atoms with Crippen LogP contribution in [0.3, 0.4) is 0 Å². The standard InChI is InChI=1S/C9H11N3O/c1-13-6-5-12-9-3-2-4-10-8(9)7-11-12/h2-4,7H,5-6H2,1H3. The van der Waals surface area contributed by atoms with Gasteiger partial charge in [-0.25, -0.2) is 0 Å². The summed E-state index contributed by atoms with van der Waals surface area (Å²) in [5.41, 5.74) is 1.98. The second-order valence-corrected chi connectivity index (χ2v) is 2.77. The topological polar surface area (TPSA) is 39.9 Å². The summed E-state index contributed by atoms with van der Waals surface area (Å²) in [5.74, 6) is 0. The van der Waals surface area contributed by atoms with Gasteiger partial charge in [-0.3, -0.25) is 9.67 Å². The van der Waals surface area contributed by atoms with Gasteiger partial charge in [0, 0.05) is 13.3 Å². The van der Waals surface area contributed by atoms with E-state index < -0.39 is 0 Å². The van der Waals surface area contributed by atoms with E-state index in [1.165, 1.54) is 0 Å². The van der Waals surface area contributed by atoms with Gasteiger partial charge in [-0.2, -0.15) is 5.10 Å². The summed E-state index contributed by atoms with van der Waals surface area (Å²) in [6, 6.07) is 3.91. The summed E-state index contributed by atoms with van der Waals surface area (Å²) in [7, 11) is 1.68. The Labute approximate surface area is 76.1 Å². The average molecular weight is 177 g/mol. The SMILES string of the molecule is COCCn1ncc2ncccc21. The smallest absolute Gasteiger partial charge is 0.108 e. The zero-order valence-corrected chi connectivity index (χ0v) is 7.47. The van der Waals surface area contributed by atoms with Crippen LogP contribution in [0, 0.1) is 0 Å². The molecule has 0 bridgehead atoms. The number of hydrogen-bond acceptors (Lipinski definition) is 3. The van der Waals surface area contributed by atoms with Crippen LogP contribution in [0.2, 0.25) is 0 Å². The van der Waals surface area contributed by atoms with E-state index in [9.17, 15) is 0 Å². The highest BCUT2D eigenvalue weighted by Crippen LogP contribution is 2.08. The first kappa shape index (κ1) is 8.19. The highest BCUT2D eigenvalue weighted by molar-refractivity contribution is 5.73. The first-order chi connectivity index (χ1) is 6.42. The molecule has 2 heterocycles. The van der Waals surface area contributed by atoms with Crippen LogP contribution in [0.4, 0.5) is 0 Å². The van der Waals surface area contributed by atoms with Crippen molar-refractivity contribution in [2.75, 3.05) is 13.7 Å². The van der Waals surface area contributed by atoms with Crippen LogP contribution in [-0.4, -0.2) is 28.5 Å². The third-order valence-corrected chi connectivity index (χ3v) is 1.92. The molecule has 0 amide bonds. The monoisotopic (exact) mass is 177 g/mol. The number of pyridine rings is 1. The van der Waals surface area contributed by atoms with E-state index in [0.29, 0.717) is 6.61 Å². The van der Waals surface area contributed by atoms with Gasteiger partial charge in [-0.1, -0.05) is 0 Å². The van der Waals surface area contributed by atoms with Crippen molar-refractivity contribution in [3.8, 4) is 0 Å². The van der Waals surface area contributed by atoms with Crippen LogP contribution < -0.4 is 0 Å². The Hall–Kier alpha value is -1.42. The predicted molar refractivity (Wildman–Crippen MR) is 49.4 cm³/mol. The van der Waals surface area contributed by atoms with Gasteiger partial charge in [0.05, 0.1) is 24.9 Å². The molecule has 0 atom stereocenters. The number of methoxy groups -OCH3 is 1. The summed E-state index contributed by atoms with van der Waals surface area (Å²) in [6.45, 7) is 1.44. The van der Waals surface area contributed by atoms with Crippen molar-refractivity contribution < 1.29 is 4.74 Å². The minimum atomic E-state index is 0.672. The number of rotatable bonds is 3. The molecule has 0 radical (unpaired) electrons. The van der Waals surface area contributed by atoms with Crippen molar-refractivity contribution in [3.05, 3.63) is 24.5 Å². The molecular weight excluding hydrogens is 166 g/mol. The Balaban J connectivity index is 2.35. The molecule has 0 saturated carbocycles. The lowest BCUT2D eigenvalue weighted by molar-refractivity contribution is 0.185. The Morgan fingerprint density at radius 2 is 2.46 bits per heavy atom. The zero-order chi connectivity index (χ0) is 9.10. The van der Waals surface area contributed by atoms with Gasteiger partial charge in [-0.15, -0.1) is 0 Å². The Bertz CT molecular complexity index is 396. The summed E-state index contributed by atoms with van der Waals surface area (Å²) in [5, 5.41) is 4.21. The summed E-state index contributed by atoms with van der Waals surface area (Å²) < 4.78 is 6.88. The molecule has 0 saturated heterocycles. The van der Waals surface area contributed by atoms with Crippen LogP contribution in [0.15, 0.2) is 24.5 Å². The van der Waals surface area contributed by atoms with Crippen LogP contribution in [0.5, 0.6) is 0 Å². The van der Waals surface area contributed by atoms with Crippen LogP contribution in [0.1, 0.15) is 0 Å². The molecule has 68 valence electrons. The molecule has 0 aliphatic heterocycles. The van der Waals surface area contributed by atoms with Gasteiger partial charge in [-0.05, 0) is 12.1 Å². The summed E-state index contributed by atoms with van der Waals surface area (Å²) in [6.07, 6.45) is 3.54. The summed E-state index contributed by atoms with van der Waals surface area (Å²) in [4.78, 5) is 4.19. The molecule has 0 unspecified atom stereocenters. The molecule has 0 aliphatic carbocycles. The van der Waals surface area contributed by atoms with Gasteiger partial charge in [0.15, 0.2) is 0 Å². The average Bonchev–Trinajstić information content (AvgIpc) is 2.58. The van der Waals surface area contributed by atoms with E-state index in [0.717, 1.165) is 17.6 Å². The molecule has 2 aromatic heterocycles. The van der Waals surface area contributed by atoms with E-state index in [-0.39, 0.29) is 0 Å². The van der Waals surface area contributed by atoms with E-state index >= 15 is 0 Å². The van der Waals surface area contributed by atoms with Gasteiger partial charge in [0.1, 0.15) is 5.52 Å². The molecule has 0 N–H and O–H groups in total. The Morgan fingerprint density at radius 3 is 3.31 bits per heavy atom. The number of nitrogens with zero attached hydrogens (tertiary/aromatic N) is 3. The molecule has 0 aliphatic rings. The highest BCUT2D eigenvalue weighted by atomic mass is 16.5. The van der Waals surface area contributed by atoms with E-state index in [2.05, 4.69) is 10.1 Å². The minimum Gasteiger partial charge on any atom is -0.383 e. The second kappa shape index (κ2) is 3.53. The molecule has 2 rings (SSSR count). The van der Waals surface area contributed by atoms with Crippen LogP contribution in [0.25, 0.3) is 11.0 Å². The first-order valence-electron chi connectivity index (χ1n) is 4.17. The maximum Gasteiger partial charge on any atom is 0.108 e. The zero-order valence-electron chi connectivity index (χ0n) is 7.47. The fourth-order valence-electron chi connectivity index (χ4n) is 1.27. The van der Waals surface area contributed by atoms with Gasteiger partial charge >= 0.3 is 0 Å². The highest BCUT2D eigenvalue weighted by Gasteiger charge is 2.00. The second-order valence-electron chi connectivity index (χ2n) is 2.77. The number of aromatic nitrogens is 3. The molecule has 2 aromatic rings. The minimum absolute atomic E-state index is 0.672. The third kappa shape index (κ3) is 1.53. The first-order valence-corrected chi connectivity index (χ1v) is 4.17. The molecular formula is C9H11N3O. The van der Waals surface area contributed by atoms with Crippen molar-refractivity contribution in [2.45, 2.75) is 6.54 Å². The fraction of sp³-hybridized carbons (Fsp3) is 0.333. The largest absolute Gasteiger partial charge is 0.383 e. The predicted octanol–water partition coefficient (Wildman–Crippen LogP) is 1.08. The van der Waals surface area contributed by atoms with Crippen LogP contribution >= 0.6 is 0 Å². The van der Waals surface area contributed by atoms with Crippen molar-refractivity contribution >= 4 is 11.0 Å². The normalized spacial score (nSPS) is 10.8. The molecule has 0 fully saturated rings. The lowest BCUT2D eigenvalue weighted by Gasteiger charge is -2.00. The fourth-order valence-corrected chi connectivity index (χ4v) is 1.27. The Morgan fingerprint density at radius 1 is 1.54 bits per heavy atom. The molecule has 4 nitrogen and oxygen atoms in total.